The highest BCUT2D eigenvalue weighted by Crippen LogP contribution is 2.45. The zero-order valence-electron chi connectivity index (χ0n) is 23.6. The quantitative estimate of drug-likeness (QED) is 0.186. The van der Waals surface area contributed by atoms with Crippen molar-refractivity contribution < 1.29 is 4.74 Å². The van der Waals surface area contributed by atoms with Crippen molar-refractivity contribution in [2.75, 3.05) is 11.4 Å². The summed E-state index contributed by atoms with van der Waals surface area (Å²) in [5.74, 6) is 0.611. The van der Waals surface area contributed by atoms with Crippen LogP contribution in [0.2, 0.25) is 0 Å². The lowest BCUT2D eigenvalue weighted by Crippen LogP contribution is -2.34. The predicted molar refractivity (Wildman–Crippen MR) is 169 cm³/mol. The van der Waals surface area contributed by atoms with Crippen molar-refractivity contribution in [1.29, 1.82) is 5.26 Å². The molecule has 0 radical (unpaired) electrons. The van der Waals surface area contributed by atoms with Gasteiger partial charge in [0.2, 0.25) is 0 Å². The van der Waals surface area contributed by atoms with Gasteiger partial charge >= 0.3 is 0 Å². The Morgan fingerprint density at radius 1 is 0.929 bits per heavy atom. The SMILES string of the molecule is [C-]#[N+]/C(C#N)=C1C=C(/C=C/c2ccc3c(c2)CCCN3c2ccc(C)cc2)OC(c2ccccc2)(c2ccccc2)C\1. The fourth-order valence-electron chi connectivity index (χ4n) is 5.96. The Labute approximate surface area is 247 Å². The van der Waals surface area contributed by atoms with Crippen molar-refractivity contribution in [2.45, 2.75) is 31.8 Å². The molecular formula is C38H31N3O. The fraction of sp³-hybridized carbons (Fsp3) is 0.158. The number of hydrogen-bond acceptors (Lipinski definition) is 3. The molecule has 0 saturated heterocycles. The third-order valence-corrected chi connectivity index (χ3v) is 8.06. The molecule has 0 bridgehead atoms. The van der Waals surface area contributed by atoms with Crippen LogP contribution in [-0.2, 0) is 16.8 Å². The fourth-order valence-corrected chi connectivity index (χ4v) is 5.96. The zero-order chi connectivity index (χ0) is 28.9. The van der Waals surface area contributed by atoms with E-state index in [9.17, 15) is 5.26 Å². The Kier molecular flexibility index (Phi) is 7.46. The monoisotopic (exact) mass is 545 g/mol. The highest BCUT2D eigenvalue weighted by Gasteiger charge is 2.40. The van der Waals surface area contributed by atoms with Crippen molar-refractivity contribution in [3.63, 3.8) is 0 Å². The first-order valence-corrected chi connectivity index (χ1v) is 14.3. The maximum Gasteiger partial charge on any atom is 0.265 e. The second kappa shape index (κ2) is 11.7. The van der Waals surface area contributed by atoms with Gasteiger partial charge < -0.3 is 9.64 Å². The third-order valence-electron chi connectivity index (χ3n) is 8.06. The zero-order valence-corrected chi connectivity index (χ0v) is 23.6. The van der Waals surface area contributed by atoms with Gasteiger partial charge in [0.25, 0.3) is 5.70 Å². The molecule has 4 heteroatoms. The number of aryl methyl sites for hydroxylation is 2. The van der Waals surface area contributed by atoms with Crippen LogP contribution in [0.1, 0.15) is 40.7 Å². The number of rotatable bonds is 5. The molecule has 0 aromatic heterocycles. The van der Waals surface area contributed by atoms with Crippen molar-refractivity contribution in [3.8, 4) is 6.07 Å². The minimum absolute atomic E-state index is 0.0883. The summed E-state index contributed by atoms with van der Waals surface area (Å²) in [5, 5.41) is 9.80. The van der Waals surface area contributed by atoms with Gasteiger partial charge in [0.05, 0.1) is 12.6 Å². The van der Waals surface area contributed by atoms with Gasteiger partial charge in [0, 0.05) is 35.5 Å². The second-order valence-corrected chi connectivity index (χ2v) is 10.8. The van der Waals surface area contributed by atoms with Crippen LogP contribution < -0.4 is 4.90 Å². The van der Waals surface area contributed by atoms with Crippen LogP contribution in [0.15, 0.2) is 132 Å². The topological polar surface area (TPSA) is 40.6 Å². The third kappa shape index (κ3) is 5.24. The molecule has 0 fully saturated rings. The van der Waals surface area contributed by atoms with Gasteiger partial charge in [-0.25, -0.2) is 10.1 Å². The lowest BCUT2D eigenvalue weighted by atomic mass is 9.79. The summed E-state index contributed by atoms with van der Waals surface area (Å²) in [5.41, 5.74) is 7.97. The van der Waals surface area contributed by atoms with Crippen molar-refractivity contribution in [3.05, 3.63) is 172 Å². The first-order valence-electron chi connectivity index (χ1n) is 14.3. The summed E-state index contributed by atoms with van der Waals surface area (Å²) in [6, 6.07) is 37.6. The average Bonchev–Trinajstić information content (AvgIpc) is 3.05. The molecule has 0 saturated carbocycles. The molecule has 42 heavy (non-hydrogen) atoms. The number of nitriles is 1. The molecule has 0 aliphatic carbocycles. The van der Waals surface area contributed by atoms with E-state index in [-0.39, 0.29) is 5.70 Å². The average molecular weight is 546 g/mol. The van der Waals surface area contributed by atoms with Gasteiger partial charge in [-0.05, 0) is 72.9 Å². The summed E-state index contributed by atoms with van der Waals surface area (Å²) in [6.45, 7) is 10.8. The Balaban J connectivity index is 1.38. The number of allylic oxidation sites excluding steroid dienone is 3. The molecule has 6 rings (SSSR count). The highest BCUT2D eigenvalue weighted by molar-refractivity contribution is 5.70. The van der Waals surface area contributed by atoms with Crippen LogP contribution in [0.5, 0.6) is 0 Å². The van der Waals surface area contributed by atoms with Crippen LogP contribution in [0.3, 0.4) is 0 Å². The predicted octanol–water partition coefficient (Wildman–Crippen LogP) is 9.04. The van der Waals surface area contributed by atoms with Crippen LogP contribution in [0.4, 0.5) is 11.4 Å². The minimum Gasteiger partial charge on any atom is -0.478 e. The van der Waals surface area contributed by atoms with E-state index in [2.05, 4.69) is 71.3 Å². The van der Waals surface area contributed by atoms with Crippen molar-refractivity contribution >= 4 is 17.5 Å². The van der Waals surface area contributed by atoms with Crippen LogP contribution in [-0.4, -0.2) is 6.54 Å². The Morgan fingerprint density at radius 2 is 1.62 bits per heavy atom. The second-order valence-electron chi connectivity index (χ2n) is 10.8. The summed E-state index contributed by atoms with van der Waals surface area (Å²) in [4.78, 5) is 5.96. The Bertz CT molecular complexity index is 1710. The highest BCUT2D eigenvalue weighted by atomic mass is 16.5. The molecular weight excluding hydrogens is 514 g/mol. The standard InChI is InChI=1S/C38H31N3O/c1-28-15-19-34(20-16-28)41-23-9-10-30-24-29(18-22-37(30)41)17-21-35-25-31(36(27-39)40-2)26-38(42-35,32-11-5-3-6-12-32)33-13-7-4-8-14-33/h3-8,11-22,24-25H,9-10,23,26H2,1H3/b21-17+,36-31+. The van der Waals surface area contributed by atoms with Crippen LogP contribution in [0, 0.1) is 24.8 Å². The number of nitrogens with zero attached hydrogens (tertiary/aromatic N) is 3. The molecule has 0 N–H and O–H groups in total. The lowest BCUT2D eigenvalue weighted by Gasteiger charge is -2.39. The molecule has 0 atom stereocenters. The smallest absolute Gasteiger partial charge is 0.265 e. The molecule has 204 valence electrons. The van der Waals surface area contributed by atoms with E-state index in [1.54, 1.807) is 0 Å². The molecule has 4 aromatic rings. The first-order chi connectivity index (χ1) is 20.6. The van der Waals surface area contributed by atoms with Gasteiger partial charge in [0.15, 0.2) is 5.60 Å². The summed E-state index contributed by atoms with van der Waals surface area (Å²) >= 11 is 0. The molecule has 2 aliphatic rings. The van der Waals surface area contributed by atoms with E-state index in [1.807, 2.05) is 72.8 Å². The molecule has 2 heterocycles. The molecule has 0 amide bonds. The van der Waals surface area contributed by atoms with Crippen LogP contribution >= 0.6 is 0 Å². The number of anilines is 2. The normalized spacial score (nSPS) is 16.9. The van der Waals surface area contributed by atoms with Gasteiger partial charge in [-0.15, -0.1) is 0 Å². The molecule has 0 unspecified atom stereocenters. The number of benzene rings is 4. The lowest BCUT2D eigenvalue weighted by molar-refractivity contribution is 0.0348. The van der Waals surface area contributed by atoms with E-state index in [1.165, 1.54) is 22.5 Å². The molecule has 2 aliphatic heterocycles. The van der Waals surface area contributed by atoms with E-state index in [4.69, 9.17) is 11.3 Å². The van der Waals surface area contributed by atoms with Gasteiger partial charge in [-0.3, -0.25) is 0 Å². The number of ether oxygens (including phenoxy) is 1. The minimum atomic E-state index is -0.872. The van der Waals surface area contributed by atoms with Crippen molar-refractivity contribution in [2.24, 2.45) is 0 Å². The molecule has 0 spiro atoms. The maximum absolute atomic E-state index is 9.80. The van der Waals surface area contributed by atoms with Gasteiger partial charge in [-0.1, -0.05) is 90.5 Å². The van der Waals surface area contributed by atoms with Crippen LogP contribution in [0.25, 0.3) is 10.9 Å². The Hall–Kier alpha value is -5.32. The summed E-state index contributed by atoms with van der Waals surface area (Å²) in [7, 11) is 0. The van der Waals surface area contributed by atoms with Gasteiger partial charge in [0.1, 0.15) is 5.76 Å². The molecule has 4 aromatic carbocycles. The van der Waals surface area contributed by atoms with E-state index in [0.29, 0.717) is 17.8 Å². The van der Waals surface area contributed by atoms with Crippen molar-refractivity contribution in [1.82, 2.24) is 0 Å². The van der Waals surface area contributed by atoms with E-state index in [0.717, 1.165) is 36.1 Å². The summed E-state index contributed by atoms with van der Waals surface area (Å²) in [6.07, 6.45) is 8.38. The summed E-state index contributed by atoms with van der Waals surface area (Å²) < 4.78 is 6.85. The van der Waals surface area contributed by atoms with Gasteiger partial charge in [-0.2, -0.15) is 0 Å². The maximum atomic E-state index is 9.80. The van der Waals surface area contributed by atoms with E-state index >= 15 is 0 Å². The number of hydrogen-bond donors (Lipinski definition) is 0. The molecule has 4 nitrogen and oxygen atoms in total. The largest absolute Gasteiger partial charge is 0.478 e. The number of fused-ring (bicyclic) bond motifs is 1. The Morgan fingerprint density at radius 3 is 2.26 bits per heavy atom. The van der Waals surface area contributed by atoms with E-state index < -0.39 is 5.60 Å². The first kappa shape index (κ1) is 26.9.